The summed E-state index contributed by atoms with van der Waals surface area (Å²) in [5.74, 6) is 0.761. The van der Waals surface area contributed by atoms with Gasteiger partial charge in [0.05, 0.1) is 15.5 Å². The highest BCUT2D eigenvalue weighted by atomic mass is 79.9. The molecule has 2 nitrogen and oxygen atoms in total. The van der Waals surface area contributed by atoms with Gasteiger partial charge in [-0.25, -0.2) is 0 Å². The van der Waals surface area contributed by atoms with E-state index in [1.54, 1.807) is 11.3 Å². The van der Waals surface area contributed by atoms with Gasteiger partial charge in [0.25, 0.3) is 0 Å². The second kappa shape index (κ2) is 6.70. The Bertz CT molecular complexity index is 397. The minimum Gasteiger partial charge on any atom is -0.390 e. The Hall–Kier alpha value is 0.1000. The SMILES string of the molecule is CCOC1(C(O)Cc2ccc(Br)s2)CCC(C)CC1. The highest BCUT2D eigenvalue weighted by Gasteiger charge is 2.41. The fraction of sp³-hybridized carbons (Fsp3) is 0.733. The number of halogens is 1. The van der Waals surface area contributed by atoms with Crippen LogP contribution in [-0.2, 0) is 11.2 Å². The molecule has 108 valence electrons. The van der Waals surface area contributed by atoms with Crippen molar-refractivity contribution in [2.24, 2.45) is 5.92 Å². The summed E-state index contributed by atoms with van der Waals surface area (Å²) >= 11 is 5.17. The smallest absolute Gasteiger partial charge is 0.0943 e. The maximum Gasteiger partial charge on any atom is 0.0943 e. The summed E-state index contributed by atoms with van der Waals surface area (Å²) in [4.78, 5) is 1.22. The summed E-state index contributed by atoms with van der Waals surface area (Å²) in [6.45, 7) is 4.99. The largest absolute Gasteiger partial charge is 0.390 e. The lowest BCUT2D eigenvalue weighted by Gasteiger charge is -2.42. The van der Waals surface area contributed by atoms with Crippen molar-refractivity contribution in [1.29, 1.82) is 0 Å². The molecular weight excluding hydrogens is 324 g/mol. The van der Waals surface area contributed by atoms with Gasteiger partial charge in [-0.3, -0.25) is 0 Å². The molecule has 1 fully saturated rings. The molecule has 0 amide bonds. The van der Waals surface area contributed by atoms with Gasteiger partial charge in [-0.2, -0.15) is 0 Å². The van der Waals surface area contributed by atoms with Gasteiger partial charge in [0.15, 0.2) is 0 Å². The molecule has 1 saturated carbocycles. The lowest BCUT2D eigenvalue weighted by molar-refractivity contribution is -0.143. The maximum atomic E-state index is 10.7. The molecule has 1 atom stereocenters. The van der Waals surface area contributed by atoms with Crippen molar-refractivity contribution in [2.45, 2.75) is 57.7 Å². The third kappa shape index (κ3) is 3.81. The first-order valence-electron chi connectivity index (χ1n) is 7.12. The summed E-state index contributed by atoms with van der Waals surface area (Å²) in [7, 11) is 0. The number of thiophene rings is 1. The Morgan fingerprint density at radius 2 is 2.16 bits per heavy atom. The number of ether oxygens (including phenoxy) is 1. The summed E-state index contributed by atoms with van der Waals surface area (Å²) in [6, 6.07) is 4.13. The van der Waals surface area contributed by atoms with E-state index in [2.05, 4.69) is 28.9 Å². The molecular formula is C15H23BrO2S. The quantitative estimate of drug-likeness (QED) is 0.856. The van der Waals surface area contributed by atoms with E-state index in [4.69, 9.17) is 4.74 Å². The zero-order chi connectivity index (χ0) is 13.9. The molecule has 4 heteroatoms. The van der Waals surface area contributed by atoms with Crippen LogP contribution in [0.2, 0.25) is 0 Å². The molecule has 0 saturated heterocycles. The predicted molar refractivity (Wildman–Crippen MR) is 83.7 cm³/mol. The van der Waals surface area contributed by atoms with Crippen molar-refractivity contribution in [2.75, 3.05) is 6.61 Å². The van der Waals surface area contributed by atoms with Crippen molar-refractivity contribution in [3.05, 3.63) is 20.8 Å². The van der Waals surface area contributed by atoms with E-state index >= 15 is 0 Å². The van der Waals surface area contributed by atoms with Crippen LogP contribution < -0.4 is 0 Å². The van der Waals surface area contributed by atoms with Gasteiger partial charge in [0.1, 0.15) is 0 Å². The summed E-state index contributed by atoms with van der Waals surface area (Å²) < 4.78 is 7.13. The Morgan fingerprint density at radius 1 is 1.47 bits per heavy atom. The third-order valence-corrected chi connectivity index (χ3v) is 5.83. The van der Waals surface area contributed by atoms with E-state index < -0.39 is 6.10 Å². The number of aliphatic hydroxyl groups excluding tert-OH is 1. The van der Waals surface area contributed by atoms with E-state index in [1.807, 2.05) is 13.0 Å². The van der Waals surface area contributed by atoms with Crippen LogP contribution in [0.1, 0.15) is 44.4 Å². The third-order valence-electron chi connectivity index (χ3n) is 4.18. The number of rotatable bonds is 5. The summed E-state index contributed by atoms with van der Waals surface area (Å²) in [5.41, 5.74) is -0.322. The lowest BCUT2D eigenvalue weighted by atomic mass is 9.75. The van der Waals surface area contributed by atoms with Gasteiger partial charge in [0, 0.05) is 17.9 Å². The van der Waals surface area contributed by atoms with Crippen molar-refractivity contribution < 1.29 is 9.84 Å². The van der Waals surface area contributed by atoms with Gasteiger partial charge >= 0.3 is 0 Å². The Balaban J connectivity index is 2.05. The first-order valence-corrected chi connectivity index (χ1v) is 8.73. The molecule has 1 heterocycles. The minimum absolute atomic E-state index is 0.322. The van der Waals surface area contributed by atoms with E-state index in [9.17, 15) is 5.11 Å². The van der Waals surface area contributed by atoms with E-state index in [-0.39, 0.29) is 5.60 Å². The standard InChI is InChI=1S/C15H23BrO2S/c1-3-18-15(8-6-11(2)7-9-15)13(17)10-12-4-5-14(16)19-12/h4-5,11,13,17H,3,6-10H2,1-2H3. The molecule has 1 aromatic heterocycles. The van der Waals surface area contributed by atoms with Crippen LogP contribution in [0.25, 0.3) is 0 Å². The minimum atomic E-state index is -0.398. The van der Waals surface area contributed by atoms with Crippen LogP contribution in [0.15, 0.2) is 15.9 Å². The van der Waals surface area contributed by atoms with Crippen LogP contribution in [0.3, 0.4) is 0 Å². The first kappa shape index (κ1) is 15.5. The van der Waals surface area contributed by atoms with Gasteiger partial charge in [0.2, 0.25) is 0 Å². The van der Waals surface area contributed by atoms with Crippen LogP contribution in [0.4, 0.5) is 0 Å². The Kier molecular flexibility index (Phi) is 5.46. The monoisotopic (exact) mass is 346 g/mol. The van der Waals surface area contributed by atoms with Crippen molar-refractivity contribution in [1.82, 2.24) is 0 Å². The first-order chi connectivity index (χ1) is 9.05. The zero-order valence-corrected chi connectivity index (χ0v) is 14.1. The average Bonchev–Trinajstić information content (AvgIpc) is 2.78. The molecule has 0 radical (unpaired) electrons. The number of hydrogen-bond acceptors (Lipinski definition) is 3. The molecule has 2 rings (SSSR count). The molecule has 1 aromatic rings. The Morgan fingerprint density at radius 3 is 2.68 bits per heavy atom. The predicted octanol–water partition coefficient (Wildman–Crippen LogP) is 4.40. The number of hydrogen-bond donors (Lipinski definition) is 1. The van der Waals surface area contributed by atoms with Crippen LogP contribution >= 0.6 is 27.3 Å². The molecule has 1 N–H and O–H groups in total. The fourth-order valence-electron chi connectivity index (χ4n) is 2.95. The van der Waals surface area contributed by atoms with E-state index in [0.29, 0.717) is 13.0 Å². The molecule has 1 unspecified atom stereocenters. The van der Waals surface area contributed by atoms with Crippen molar-refractivity contribution in [3.8, 4) is 0 Å². The summed E-state index contributed by atoms with van der Waals surface area (Å²) in [5, 5.41) is 10.7. The zero-order valence-electron chi connectivity index (χ0n) is 11.7. The second-order valence-corrected chi connectivity index (χ2v) is 8.15. The van der Waals surface area contributed by atoms with Gasteiger partial charge in [-0.15, -0.1) is 11.3 Å². The molecule has 0 aliphatic heterocycles. The van der Waals surface area contributed by atoms with Gasteiger partial charge < -0.3 is 9.84 Å². The van der Waals surface area contributed by atoms with Crippen molar-refractivity contribution in [3.63, 3.8) is 0 Å². The van der Waals surface area contributed by atoms with Gasteiger partial charge in [-0.05, 0) is 66.6 Å². The lowest BCUT2D eigenvalue weighted by Crippen LogP contribution is -2.48. The van der Waals surface area contributed by atoms with Crippen LogP contribution in [-0.4, -0.2) is 23.4 Å². The van der Waals surface area contributed by atoms with Crippen LogP contribution in [0, 0.1) is 5.92 Å². The topological polar surface area (TPSA) is 29.5 Å². The molecule has 0 aromatic carbocycles. The highest BCUT2D eigenvalue weighted by molar-refractivity contribution is 9.11. The normalized spacial score (nSPS) is 29.4. The highest BCUT2D eigenvalue weighted by Crippen LogP contribution is 2.39. The number of aliphatic hydroxyl groups is 1. The second-order valence-electron chi connectivity index (χ2n) is 5.61. The molecule has 0 spiro atoms. The van der Waals surface area contributed by atoms with Crippen LogP contribution in [0.5, 0.6) is 0 Å². The molecule has 1 aliphatic carbocycles. The fourth-order valence-corrected chi connectivity index (χ4v) is 4.47. The van der Waals surface area contributed by atoms with Gasteiger partial charge in [-0.1, -0.05) is 6.92 Å². The van der Waals surface area contributed by atoms with E-state index in [0.717, 1.165) is 35.4 Å². The van der Waals surface area contributed by atoms with Crippen molar-refractivity contribution >= 4 is 27.3 Å². The average molecular weight is 347 g/mol. The summed E-state index contributed by atoms with van der Waals surface area (Å²) in [6.07, 6.45) is 4.58. The molecule has 19 heavy (non-hydrogen) atoms. The maximum absolute atomic E-state index is 10.7. The van der Waals surface area contributed by atoms with E-state index in [1.165, 1.54) is 4.88 Å². The molecule has 1 aliphatic rings. The Labute approximate surface area is 128 Å². The molecule has 0 bridgehead atoms.